The molecule has 1 heterocycles. The van der Waals surface area contributed by atoms with Crippen LogP contribution in [0.4, 0.5) is 5.69 Å². The molecule has 1 aliphatic rings. The molecule has 0 aliphatic carbocycles. The van der Waals surface area contributed by atoms with Crippen LogP contribution in [-0.2, 0) is 0 Å². The highest BCUT2D eigenvalue weighted by atomic mass is 35.5. The van der Waals surface area contributed by atoms with E-state index in [9.17, 15) is 4.79 Å². The molecule has 2 unspecified atom stereocenters. The fourth-order valence-corrected chi connectivity index (χ4v) is 2.66. The van der Waals surface area contributed by atoms with Crippen molar-refractivity contribution in [3.05, 3.63) is 29.8 Å². The fourth-order valence-electron chi connectivity index (χ4n) is 2.66. The van der Waals surface area contributed by atoms with Crippen molar-refractivity contribution in [3.8, 4) is 0 Å². The van der Waals surface area contributed by atoms with Gasteiger partial charge in [0.15, 0.2) is 0 Å². The number of carbonyl (C=O) groups is 1. The first-order valence-electron chi connectivity index (χ1n) is 6.82. The van der Waals surface area contributed by atoms with Gasteiger partial charge in [-0.25, -0.2) is 0 Å². The third-order valence-electron chi connectivity index (χ3n) is 4.18. The van der Waals surface area contributed by atoms with Crippen molar-refractivity contribution in [2.75, 3.05) is 26.4 Å². The van der Waals surface area contributed by atoms with Crippen LogP contribution in [0.25, 0.3) is 0 Å². The Labute approximate surface area is 139 Å². The molecule has 0 bridgehead atoms. The van der Waals surface area contributed by atoms with Crippen LogP contribution in [-0.4, -0.2) is 48.4 Å². The van der Waals surface area contributed by atoms with E-state index >= 15 is 0 Å². The largest absolute Gasteiger partial charge is 0.399 e. The monoisotopic (exact) mass is 333 g/mol. The third kappa shape index (κ3) is 4.77. The molecule has 2 rings (SSSR count). The van der Waals surface area contributed by atoms with Crippen molar-refractivity contribution in [1.29, 1.82) is 0 Å². The van der Waals surface area contributed by atoms with Gasteiger partial charge in [-0.15, -0.1) is 24.8 Å². The number of nitrogen functional groups attached to an aromatic ring is 1. The van der Waals surface area contributed by atoms with E-state index in [4.69, 9.17) is 5.73 Å². The van der Waals surface area contributed by atoms with Crippen LogP contribution >= 0.6 is 24.8 Å². The summed E-state index contributed by atoms with van der Waals surface area (Å²) >= 11 is 0. The number of carbonyl (C=O) groups excluding carboxylic acids is 1. The summed E-state index contributed by atoms with van der Waals surface area (Å²) in [5.41, 5.74) is 7.05. The number of likely N-dealkylation sites (tertiary alicyclic amines) is 1. The number of nitrogens with two attached hydrogens (primary N) is 1. The lowest BCUT2D eigenvalue weighted by Crippen LogP contribution is -2.48. The van der Waals surface area contributed by atoms with Gasteiger partial charge in [0, 0.05) is 36.9 Å². The van der Waals surface area contributed by atoms with E-state index in [0.717, 1.165) is 19.4 Å². The summed E-state index contributed by atoms with van der Waals surface area (Å²) in [4.78, 5) is 16.7. The maximum atomic E-state index is 12.4. The van der Waals surface area contributed by atoms with E-state index in [0.29, 0.717) is 23.3 Å². The summed E-state index contributed by atoms with van der Waals surface area (Å²) in [6.45, 7) is 3.26. The SMILES string of the molecule is CC1CC(N(C)C(=O)c2cccc(N)c2)CCN1C.Cl.Cl. The molecular weight excluding hydrogens is 309 g/mol. The minimum atomic E-state index is 0. The highest BCUT2D eigenvalue weighted by Crippen LogP contribution is 2.21. The van der Waals surface area contributed by atoms with Crippen LogP contribution in [0.1, 0.15) is 30.1 Å². The fraction of sp³-hybridized carbons (Fsp3) is 0.533. The Morgan fingerprint density at radius 1 is 1.38 bits per heavy atom. The molecule has 0 spiro atoms. The normalized spacial score (nSPS) is 21.9. The van der Waals surface area contributed by atoms with Gasteiger partial charge in [0.1, 0.15) is 0 Å². The van der Waals surface area contributed by atoms with Crippen molar-refractivity contribution < 1.29 is 4.79 Å². The lowest BCUT2D eigenvalue weighted by Gasteiger charge is -2.39. The van der Waals surface area contributed by atoms with E-state index in [1.54, 1.807) is 12.1 Å². The Kier molecular flexibility index (Phi) is 8.08. The molecule has 2 N–H and O–H groups in total. The molecule has 0 radical (unpaired) electrons. The van der Waals surface area contributed by atoms with E-state index in [1.807, 2.05) is 24.1 Å². The van der Waals surface area contributed by atoms with Crippen LogP contribution in [0.3, 0.4) is 0 Å². The number of hydrogen-bond donors (Lipinski definition) is 1. The zero-order chi connectivity index (χ0) is 14.0. The zero-order valence-corrected chi connectivity index (χ0v) is 14.4. The molecule has 2 atom stereocenters. The Balaban J connectivity index is 0.00000200. The number of halogens is 2. The van der Waals surface area contributed by atoms with Gasteiger partial charge in [-0.2, -0.15) is 0 Å². The first kappa shape index (κ1) is 20.0. The van der Waals surface area contributed by atoms with E-state index in [2.05, 4.69) is 18.9 Å². The standard InChI is InChI=1S/C15H23N3O.2ClH/c1-11-9-14(7-8-17(11)2)18(3)15(19)12-5-4-6-13(16)10-12;;/h4-6,10-11,14H,7-9,16H2,1-3H3;2*1H. The Hall–Kier alpha value is -0.970. The highest BCUT2D eigenvalue weighted by molar-refractivity contribution is 5.95. The van der Waals surface area contributed by atoms with Gasteiger partial charge in [-0.1, -0.05) is 6.07 Å². The lowest BCUT2D eigenvalue weighted by molar-refractivity contribution is 0.0598. The Morgan fingerprint density at radius 2 is 2.05 bits per heavy atom. The number of amides is 1. The summed E-state index contributed by atoms with van der Waals surface area (Å²) in [6, 6.07) is 8.04. The van der Waals surface area contributed by atoms with E-state index in [1.165, 1.54) is 0 Å². The number of rotatable bonds is 2. The van der Waals surface area contributed by atoms with E-state index in [-0.39, 0.29) is 30.7 Å². The molecule has 1 saturated heterocycles. The number of benzene rings is 1. The topological polar surface area (TPSA) is 49.6 Å². The summed E-state index contributed by atoms with van der Waals surface area (Å²) in [7, 11) is 4.04. The van der Waals surface area contributed by atoms with Crippen molar-refractivity contribution in [3.63, 3.8) is 0 Å². The average Bonchev–Trinajstić information content (AvgIpc) is 2.40. The second-order valence-corrected chi connectivity index (χ2v) is 5.55. The average molecular weight is 334 g/mol. The summed E-state index contributed by atoms with van der Waals surface area (Å²) in [6.07, 6.45) is 2.06. The van der Waals surface area contributed by atoms with Gasteiger partial charge < -0.3 is 15.5 Å². The minimum absolute atomic E-state index is 0. The predicted octanol–water partition coefficient (Wildman–Crippen LogP) is 2.67. The maximum absolute atomic E-state index is 12.4. The van der Waals surface area contributed by atoms with Crippen molar-refractivity contribution in [2.45, 2.75) is 31.8 Å². The molecule has 120 valence electrons. The van der Waals surface area contributed by atoms with Gasteiger partial charge in [0.25, 0.3) is 5.91 Å². The molecule has 1 aromatic carbocycles. The second kappa shape index (κ2) is 8.47. The van der Waals surface area contributed by atoms with Gasteiger partial charge in [-0.05, 0) is 45.0 Å². The molecule has 4 nitrogen and oxygen atoms in total. The molecule has 6 heteroatoms. The van der Waals surface area contributed by atoms with Crippen molar-refractivity contribution >= 4 is 36.4 Å². The smallest absolute Gasteiger partial charge is 0.253 e. The van der Waals surface area contributed by atoms with E-state index < -0.39 is 0 Å². The molecule has 1 aliphatic heterocycles. The molecule has 0 saturated carbocycles. The summed E-state index contributed by atoms with van der Waals surface area (Å²) in [5.74, 6) is 0.0639. The van der Waals surface area contributed by atoms with Crippen LogP contribution in [0.2, 0.25) is 0 Å². The lowest BCUT2D eigenvalue weighted by atomic mass is 9.97. The molecule has 0 aromatic heterocycles. The number of piperidine rings is 1. The second-order valence-electron chi connectivity index (χ2n) is 5.55. The molecule has 1 fully saturated rings. The quantitative estimate of drug-likeness (QED) is 0.846. The number of hydrogen-bond acceptors (Lipinski definition) is 3. The van der Waals surface area contributed by atoms with Gasteiger partial charge in [-0.3, -0.25) is 4.79 Å². The Bertz CT molecular complexity index is 470. The zero-order valence-electron chi connectivity index (χ0n) is 12.8. The molecule has 1 aromatic rings. The van der Waals surface area contributed by atoms with Crippen LogP contribution in [0.15, 0.2) is 24.3 Å². The molecular formula is C15H25Cl2N3O. The van der Waals surface area contributed by atoms with Gasteiger partial charge in [0.2, 0.25) is 0 Å². The molecule has 21 heavy (non-hydrogen) atoms. The summed E-state index contributed by atoms with van der Waals surface area (Å²) in [5, 5.41) is 0. The van der Waals surface area contributed by atoms with Crippen LogP contribution in [0, 0.1) is 0 Å². The number of nitrogens with zero attached hydrogens (tertiary/aromatic N) is 2. The minimum Gasteiger partial charge on any atom is -0.399 e. The first-order chi connectivity index (χ1) is 8.99. The third-order valence-corrected chi connectivity index (χ3v) is 4.18. The highest BCUT2D eigenvalue weighted by Gasteiger charge is 2.28. The number of anilines is 1. The maximum Gasteiger partial charge on any atom is 0.253 e. The van der Waals surface area contributed by atoms with Crippen LogP contribution < -0.4 is 5.73 Å². The van der Waals surface area contributed by atoms with Gasteiger partial charge >= 0.3 is 0 Å². The van der Waals surface area contributed by atoms with Crippen molar-refractivity contribution in [1.82, 2.24) is 9.80 Å². The van der Waals surface area contributed by atoms with Gasteiger partial charge in [0.05, 0.1) is 0 Å². The van der Waals surface area contributed by atoms with Crippen molar-refractivity contribution in [2.24, 2.45) is 0 Å². The summed E-state index contributed by atoms with van der Waals surface area (Å²) < 4.78 is 0. The Morgan fingerprint density at radius 3 is 2.62 bits per heavy atom. The van der Waals surface area contributed by atoms with Crippen LogP contribution in [0.5, 0.6) is 0 Å². The predicted molar refractivity (Wildman–Crippen MR) is 92.6 cm³/mol. The molecule has 1 amide bonds. The first-order valence-corrected chi connectivity index (χ1v) is 6.82.